The van der Waals surface area contributed by atoms with Gasteiger partial charge in [-0.15, -0.1) is 24.8 Å². The molecule has 1 rings (SSSR count). The molecular formula is C14H31Cl2N3O. The van der Waals surface area contributed by atoms with E-state index in [1.165, 1.54) is 12.8 Å². The number of likely N-dealkylation sites (tertiary alicyclic amines) is 1. The summed E-state index contributed by atoms with van der Waals surface area (Å²) in [5.41, 5.74) is 5.73. The number of amides is 1. The van der Waals surface area contributed by atoms with Crippen molar-refractivity contribution in [3.63, 3.8) is 0 Å². The Hall–Kier alpha value is -0.0300. The van der Waals surface area contributed by atoms with Gasteiger partial charge < -0.3 is 11.1 Å². The molecule has 0 spiro atoms. The molecule has 0 aliphatic carbocycles. The molecule has 0 aromatic carbocycles. The van der Waals surface area contributed by atoms with Gasteiger partial charge in [0, 0.05) is 31.1 Å². The van der Waals surface area contributed by atoms with Crippen LogP contribution in [0.4, 0.5) is 0 Å². The number of carbonyl (C=O) groups is 1. The van der Waals surface area contributed by atoms with Crippen molar-refractivity contribution in [3.8, 4) is 0 Å². The van der Waals surface area contributed by atoms with Gasteiger partial charge in [-0.3, -0.25) is 9.69 Å². The zero-order valence-corrected chi connectivity index (χ0v) is 14.7. The number of halogens is 2. The second kappa shape index (κ2) is 10.7. The van der Waals surface area contributed by atoms with Gasteiger partial charge in [0.2, 0.25) is 5.91 Å². The standard InChI is InChI=1S/C14H29N3O.2ClH/c1-10-6-5-7-17(9-10)11(2)8-16-14(18)12(3)13(4)15;;/h10-13H,5-9,15H2,1-4H3,(H,16,18);2*1H. The summed E-state index contributed by atoms with van der Waals surface area (Å²) in [7, 11) is 0. The highest BCUT2D eigenvalue weighted by atomic mass is 35.5. The van der Waals surface area contributed by atoms with Crippen molar-refractivity contribution in [1.29, 1.82) is 0 Å². The Labute approximate surface area is 136 Å². The van der Waals surface area contributed by atoms with Crippen LogP contribution in [0.25, 0.3) is 0 Å². The van der Waals surface area contributed by atoms with E-state index >= 15 is 0 Å². The van der Waals surface area contributed by atoms with Gasteiger partial charge in [0.1, 0.15) is 0 Å². The lowest BCUT2D eigenvalue weighted by Crippen LogP contribution is -2.48. The lowest BCUT2D eigenvalue weighted by Gasteiger charge is -2.35. The first-order valence-corrected chi connectivity index (χ1v) is 7.19. The van der Waals surface area contributed by atoms with E-state index in [1.54, 1.807) is 0 Å². The number of hydrogen-bond donors (Lipinski definition) is 2. The van der Waals surface area contributed by atoms with E-state index in [4.69, 9.17) is 5.73 Å². The van der Waals surface area contributed by atoms with E-state index in [-0.39, 0.29) is 42.7 Å². The van der Waals surface area contributed by atoms with Crippen LogP contribution in [0.1, 0.15) is 40.5 Å². The highest BCUT2D eigenvalue weighted by Gasteiger charge is 2.22. The normalized spacial score (nSPS) is 23.8. The molecule has 1 fully saturated rings. The molecule has 1 aliphatic heterocycles. The molecule has 3 N–H and O–H groups in total. The molecule has 1 saturated heterocycles. The van der Waals surface area contributed by atoms with Gasteiger partial charge in [-0.05, 0) is 39.2 Å². The Morgan fingerprint density at radius 2 is 1.95 bits per heavy atom. The molecule has 0 radical (unpaired) electrons. The molecule has 4 atom stereocenters. The van der Waals surface area contributed by atoms with Gasteiger partial charge >= 0.3 is 0 Å². The lowest BCUT2D eigenvalue weighted by atomic mass is 9.99. The quantitative estimate of drug-likeness (QED) is 0.812. The van der Waals surface area contributed by atoms with E-state index in [1.807, 2.05) is 13.8 Å². The van der Waals surface area contributed by atoms with Crippen LogP contribution in [0.2, 0.25) is 0 Å². The summed E-state index contributed by atoms with van der Waals surface area (Å²) < 4.78 is 0. The number of rotatable bonds is 5. The zero-order chi connectivity index (χ0) is 13.7. The number of nitrogens with two attached hydrogens (primary N) is 1. The van der Waals surface area contributed by atoms with Crippen molar-refractivity contribution in [2.45, 2.75) is 52.6 Å². The van der Waals surface area contributed by atoms with Crippen LogP contribution in [0, 0.1) is 11.8 Å². The van der Waals surface area contributed by atoms with Crippen molar-refractivity contribution in [2.75, 3.05) is 19.6 Å². The van der Waals surface area contributed by atoms with Crippen LogP contribution in [-0.4, -0.2) is 42.5 Å². The number of hydrogen-bond acceptors (Lipinski definition) is 3. The Bertz CT molecular complexity index is 277. The summed E-state index contributed by atoms with van der Waals surface area (Å²) >= 11 is 0. The van der Waals surface area contributed by atoms with Gasteiger partial charge in [0.05, 0.1) is 0 Å². The topological polar surface area (TPSA) is 58.4 Å². The second-order valence-electron chi connectivity index (χ2n) is 5.98. The zero-order valence-electron chi connectivity index (χ0n) is 13.1. The number of nitrogens with zero attached hydrogens (tertiary/aromatic N) is 1. The molecule has 1 heterocycles. The SMILES string of the molecule is CC1CCCN(C(C)CNC(=O)C(C)C(C)N)C1.Cl.Cl. The van der Waals surface area contributed by atoms with Gasteiger partial charge in [-0.25, -0.2) is 0 Å². The maximum absolute atomic E-state index is 11.8. The molecule has 20 heavy (non-hydrogen) atoms. The summed E-state index contributed by atoms with van der Waals surface area (Å²) in [6.07, 6.45) is 2.60. The fraction of sp³-hybridized carbons (Fsp3) is 0.929. The predicted octanol–water partition coefficient (Wildman–Crippen LogP) is 2.05. The van der Waals surface area contributed by atoms with Crippen molar-refractivity contribution in [1.82, 2.24) is 10.2 Å². The summed E-state index contributed by atoms with van der Waals surface area (Å²) in [6.45, 7) is 11.3. The summed E-state index contributed by atoms with van der Waals surface area (Å²) in [4.78, 5) is 14.3. The van der Waals surface area contributed by atoms with E-state index in [0.717, 1.165) is 25.6 Å². The summed E-state index contributed by atoms with van der Waals surface area (Å²) in [5.74, 6) is 0.735. The Morgan fingerprint density at radius 1 is 1.35 bits per heavy atom. The molecule has 6 heteroatoms. The maximum atomic E-state index is 11.8. The number of nitrogens with one attached hydrogen (secondary N) is 1. The minimum absolute atomic E-state index is 0. The molecule has 122 valence electrons. The van der Waals surface area contributed by atoms with E-state index in [9.17, 15) is 4.79 Å². The van der Waals surface area contributed by atoms with Crippen LogP contribution in [-0.2, 0) is 4.79 Å². The molecule has 4 unspecified atom stereocenters. The van der Waals surface area contributed by atoms with Crippen molar-refractivity contribution in [3.05, 3.63) is 0 Å². The average molecular weight is 328 g/mol. The second-order valence-corrected chi connectivity index (χ2v) is 5.98. The Morgan fingerprint density at radius 3 is 2.45 bits per heavy atom. The van der Waals surface area contributed by atoms with Crippen LogP contribution in [0.15, 0.2) is 0 Å². The molecule has 1 amide bonds. The van der Waals surface area contributed by atoms with Crippen LogP contribution >= 0.6 is 24.8 Å². The third-order valence-electron chi connectivity index (χ3n) is 4.09. The summed E-state index contributed by atoms with van der Waals surface area (Å²) in [6, 6.07) is 0.326. The Kier molecular flexibility index (Phi) is 11.9. The minimum atomic E-state index is -0.113. The van der Waals surface area contributed by atoms with Gasteiger partial charge in [-0.2, -0.15) is 0 Å². The van der Waals surface area contributed by atoms with E-state index in [0.29, 0.717) is 6.04 Å². The third kappa shape index (κ3) is 7.11. The van der Waals surface area contributed by atoms with Gasteiger partial charge in [0.15, 0.2) is 0 Å². The van der Waals surface area contributed by atoms with Gasteiger partial charge in [0.25, 0.3) is 0 Å². The van der Waals surface area contributed by atoms with Gasteiger partial charge in [-0.1, -0.05) is 13.8 Å². The molecule has 0 bridgehead atoms. The van der Waals surface area contributed by atoms with Crippen LogP contribution in [0.3, 0.4) is 0 Å². The van der Waals surface area contributed by atoms with Crippen LogP contribution < -0.4 is 11.1 Å². The third-order valence-corrected chi connectivity index (χ3v) is 4.09. The number of piperidine rings is 1. The minimum Gasteiger partial charge on any atom is -0.354 e. The highest BCUT2D eigenvalue weighted by molar-refractivity contribution is 5.85. The molecular weight excluding hydrogens is 297 g/mol. The lowest BCUT2D eigenvalue weighted by molar-refractivity contribution is -0.125. The van der Waals surface area contributed by atoms with Crippen molar-refractivity contribution >= 4 is 30.7 Å². The van der Waals surface area contributed by atoms with Crippen LogP contribution in [0.5, 0.6) is 0 Å². The molecule has 0 aromatic heterocycles. The first-order chi connectivity index (χ1) is 8.41. The monoisotopic (exact) mass is 327 g/mol. The smallest absolute Gasteiger partial charge is 0.224 e. The largest absolute Gasteiger partial charge is 0.354 e. The van der Waals surface area contributed by atoms with Crippen molar-refractivity contribution in [2.24, 2.45) is 17.6 Å². The fourth-order valence-electron chi connectivity index (χ4n) is 2.40. The average Bonchev–Trinajstić information content (AvgIpc) is 2.34. The fourth-order valence-corrected chi connectivity index (χ4v) is 2.40. The molecule has 4 nitrogen and oxygen atoms in total. The highest BCUT2D eigenvalue weighted by Crippen LogP contribution is 2.17. The predicted molar refractivity (Wildman–Crippen MR) is 89.8 cm³/mol. The molecule has 0 saturated carbocycles. The summed E-state index contributed by atoms with van der Waals surface area (Å²) in [5, 5.41) is 3.02. The first-order valence-electron chi connectivity index (χ1n) is 7.19. The van der Waals surface area contributed by atoms with E-state index in [2.05, 4.69) is 24.1 Å². The van der Waals surface area contributed by atoms with Crippen molar-refractivity contribution < 1.29 is 4.79 Å². The molecule has 1 aliphatic rings. The first kappa shape index (κ1) is 22.3. The Balaban J connectivity index is 0. The van der Waals surface area contributed by atoms with E-state index < -0.39 is 0 Å². The maximum Gasteiger partial charge on any atom is 0.224 e. The number of carbonyl (C=O) groups excluding carboxylic acids is 1. The molecule has 0 aromatic rings.